The first-order valence-corrected chi connectivity index (χ1v) is 5.48. The van der Waals surface area contributed by atoms with Gasteiger partial charge in [-0.3, -0.25) is 0 Å². The van der Waals surface area contributed by atoms with Crippen molar-refractivity contribution in [2.75, 3.05) is 28.0 Å². The van der Waals surface area contributed by atoms with Gasteiger partial charge in [-0.1, -0.05) is 6.07 Å². The van der Waals surface area contributed by atoms with E-state index in [9.17, 15) is 4.79 Å². The van der Waals surface area contributed by atoms with Crippen molar-refractivity contribution in [3.05, 3.63) is 30.0 Å². The molecule has 0 aromatic heterocycles. The molecule has 0 aliphatic carbocycles. The van der Waals surface area contributed by atoms with E-state index >= 15 is 0 Å². The first kappa shape index (κ1) is 12.3. The van der Waals surface area contributed by atoms with Crippen LogP contribution in [0.1, 0.15) is 5.56 Å². The molecule has 1 aromatic rings. The van der Waals surface area contributed by atoms with Gasteiger partial charge in [0.05, 0.1) is 12.7 Å². The van der Waals surface area contributed by atoms with E-state index in [1.807, 2.05) is 14.1 Å². The predicted molar refractivity (Wildman–Crippen MR) is 66.2 cm³/mol. The van der Waals surface area contributed by atoms with Gasteiger partial charge < -0.3 is 19.1 Å². The largest absolute Gasteiger partial charge is 0.465 e. The third-order valence-electron chi connectivity index (χ3n) is 2.48. The quantitative estimate of drug-likeness (QED) is 0.600. The van der Waals surface area contributed by atoms with Crippen LogP contribution >= 0.6 is 0 Å². The number of carbonyl (C=O) groups is 1. The van der Waals surface area contributed by atoms with Gasteiger partial charge in [-0.25, -0.2) is 4.79 Å². The summed E-state index contributed by atoms with van der Waals surface area (Å²) in [5.41, 5.74) is 1.21. The number of methoxy groups -OCH3 is 1. The Morgan fingerprint density at radius 1 is 1.33 bits per heavy atom. The summed E-state index contributed by atoms with van der Waals surface area (Å²) in [5.74, 6) is 0.941. The summed E-state index contributed by atoms with van der Waals surface area (Å²) in [7, 11) is 5.05. The van der Waals surface area contributed by atoms with Gasteiger partial charge in [-0.2, -0.15) is 0 Å². The lowest BCUT2D eigenvalue weighted by atomic mass is 10.1. The second kappa shape index (κ2) is 5.00. The Morgan fingerprint density at radius 2 is 2.06 bits per heavy atom. The second-order valence-corrected chi connectivity index (χ2v) is 4.07. The fourth-order valence-corrected chi connectivity index (χ4v) is 1.68. The highest BCUT2D eigenvalue weighted by Crippen LogP contribution is 2.34. The molecule has 0 unspecified atom stereocenters. The van der Waals surface area contributed by atoms with Crippen LogP contribution in [0.25, 0.3) is 5.57 Å². The molecule has 2 rings (SSSR count). The number of rotatable bonds is 3. The van der Waals surface area contributed by atoms with Crippen LogP contribution in [0.15, 0.2) is 24.4 Å². The molecule has 1 aliphatic heterocycles. The zero-order valence-corrected chi connectivity index (χ0v) is 10.6. The van der Waals surface area contributed by atoms with Gasteiger partial charge in [-0.05, 0) is 17.7 Å². The van der Waals surface area contributed by atoms with Crippen molar-refractivity contribution in [1.82, 2.24) is 4.90 Å². The average molecular weight is 249 g/mol. The van der Waals surface area contributed by atoms with Gasteiger partial charge in [0, 0.05) is 20.3 Å². The minimum absolute atomic E-state index is 0.212. The Kier molecular flexibility index (Phi) is 3.41. The number of esters is 1. The average Bonchev–Trinajstić information content (AvgIpc) is 2.81. The maximum atomic E-state index is 11.8. The van der Waals surface area contributed by atoms with E-state index in [2.05, 4.69) is 0 Å². The van der Waals surface area contributed by atoms with Crippen molar-refractivity contribution < 1.29 is 19.0 Å². The van der Waals surface area contributed by atoms with Crippen LogP contribution < -0.4 is 9.47 Å². The van der Waals surface area contributed by atoms with E-state index < -0.39 is 0 Å². The molecule has 0 atom stereocenters. The smallest absolute Gasteiger partial charge is 0.339 e. The van der Waals surface area contributed by atoms with Crippen molar-refractivity contribution in [1.29, 1.82) is 0 Å². The molecule has 0 amide bonds. The summed E-state index contributed by atoms with van der Waals surface area (Å²) < 4.78 is 15.3. The number of hydrogen-bond donors (Lipinski definition) is 0. The van der Waals surface area contributed by atoms with E-state index in [0.29, 0.717) is 17.1 Å². The number of hydrogen-bond acceptors (Lipinski definition) is 5. The third kappa shape index (κ3) is 2.40. The Labute approximate surface area is 106 Å². The number of ether oxygens (including phenoxy) is 3. The SMILES string of the molecule is COC(=O)/C(=C\N(C)C)c1ccc2c(c1)OCO2. The molecule has 96 valence electrons. The van der Waals surface area contributed by atoms with E-state index in [0.717, 1.165) is 5.56 Å². The van der Waals surface area contributed by atoms with Crippen LogP contribution in [-0.4, -0.2) is 38.9 Å². The van der Waals surface area contributed by atoms with Crippen LogP contribution in [0.5, 0.6) is 11.5 Å². The minimum Gasteiger partial charge on any atom is -0.465 e. The molecule has 0 saturated carbocycles. The fourth-order valence-electron chi connectivity index (χ4n) is 1.68. The molecule has 0 saturated heterocycles. The highest BCUT2D eigenvalue weighted by molar-refractivity contribution is 6.16. The van der Waals surface area contributed by atoms with Crippen LogP contribution in [0.3, 0.4) is 0 Å². The van der Waals surface area contributed by atoms with Gasteiger partial charge in [-0.15, -0.1) is 0 Å². The van der Waals surface area contributed by atoms with Crippen molar-refractivity contribution in [2.45, 2.75) is 0 Å². The Bertz CT molecular complexity index is 494. The van der Waals surface area contributed by atoms with Crippen LogP contribution in [0.4, 0.5) is 0 Å². The molecule has 0 fully saturated rings. The first-order valence-electron chi connectivity index (χ1n) is 5.48. The summed E-state index contributed by atoms with van der Waals surface area (Å²) in [6.45, 7) is 0.212. The molecule has 0 radical (unpaired) electrons. The molecule has 1 aromatic carbocycles. The normalized spacial score (nSPS) is 13.4. The Hall–Kier alpha value is -2.17. The lowest BCUT2D eigenvalue weighted by Gasteiger charge is -2.11. The molecule has 0 bridgehead atoms. The zero-order chi connectivity index (χ0) is 13.1. The maximum absolute atomic E-state index is 11.8. The lowest BCUT2D eigenvalue weighted by molar-refractivity contribution is -0.133. The second-order valence-electron chi connectivity index (χ2n) is 4.07. The molecule has 5 nitrogen and oxygen atoms in total. The van der Waals surface area contributed by atoms with E-state index in [1.54, 1.807) is 29.3 Å². The number of carbonyl (C=O) groups excluding carboxylic acids is 1. The lowest BCUT2D eigenvalue weighted by Crippen LogP contribution is -2.10. The van der Waals surface area contributed by atoms with E-state index in [4.69, 9.17) is 14.2 Å². The maximum Gasteiger partial charge on any atom is 0.339 e. The number of benzene rings is 1. The third-order valence-corrected chi connectivity index (χ3v) is 2.48. The Morgan fingerprint density at radius 3 is 2.72 bits per heavy atom. The number of nitrogens with zero attached hydrogens (tertiary/aromatic N) is 1. The predicted octanol–water partition coefficient (Wildman–Crippen LogP) is 1.49. The van der Waals surface area contributed by atoms with Crippen molar-refractivity contribution in [2.24, 2.45) is 0 Å². The molecule has 1 aliphatic rings. The summed E-state index contributed by atoms with van der Waals surface area (Å²) in [6, 6.07) is 5.36. The van der Waals surface area contributed by atoms with Gasteiger partial charge in [0.1, 0.15) is 0 Å². The highest BCUT2D eigenvalue weighted by atomic mass is 16.7. The number of fused-ring (bicyclic) bond motifs is 1. The Balaban J connectivity index is 2.40. The van der Waals surface area contributed by atoms with E-state index in [1.165, 1.54) is 7.11 Å². The monoisotopic (exact) mass is 249 g/mol. The summed E-state index contributed by atoms with van der Waals surface area (Å²) >= 11 is 0. The minimum atomic E-state index is -0.387. The molecular formula is C13H15NO4. The highest BCUT2D eigenvalue weighted by Gasteiger charge is 2.18. The van der Waals surface area contributed by atoms with Crippen molar-refractivity contribution in [3.8, 4) is 11.5 Å². The van der Waals surface area contributed by atoms with Crippen LogP contribution in [0.2, 0.25) is 0 Å². The molecule has 0 N–H and O–H groups in total. The summed E-state index contributed by atoms with van der Waals surface area (Å²) in [5, 5.41) is 0. The first-order chi connectivity index (χ1) is 8.61. The topological polar surface area (TPSA) is 48.0 Å². The summed E-state index contributed by atoms with van der Waals surface area (Å²) in [6.07, 6.45) is 1.71. The molecule has 1 heterocycles. The summed E-state index contributed by atoms with van der Waals surface area (Å²) in [4.78, 5) is 13.5. The standard InChI is InChI=1S/C13H15NO4/c1-14(2)7-10(13(15)16-3)9-4-5-11-12(6-9)18-8-17-11/h4-7H,8H2,1-3H3/b10-7-. The van der Waals surface area contributed by atoms with Crippen LogP contribution in [-0.2, 0) is 9.53 Å². The molecule has 5 heteroatoms. The fraction of sp³-hybridized carbons (Fsp3) is 0.308. The van der Waals surface area contributed by atoms with E-state index in [-0.39, 0.29) is 12.8 Å². The molecular weight excluding hydrogens is 234 g/mol. The van der Waals surface area contributed by atoms with Gasteiger partial charge >= 0.3 is 5.97 Å². The molecule has 18 heavy (non-hydrogen) atoms. The van der Waals surface area contributed by atoms with Gasteiger partial charge in [0.2, 0.25) is 6.79 Å². The van der Waals surface area contributed by atoms with Gasteiger partial charge in [0.25, 0.3) is 0 Å². The zero-order valence-electron chi connectivity index (χ0n) is 10.6. The molecule has 0 spiro atoms. The van der Waals surface area contributed by atoms with Crippen LogP contribution in [0, 0.1) is 0 Å². The van der Waals surface area contributed by atoms with Gasteiger partial charge in [0.15, 0.2) is 11.5 Å². The van der Waals surface area contributed by atoms with Crippen molar-refractivity contribution >= 4 is 11.5 Å². The van der Waals surface area contributed by atoms with Crippen molar-refractivity contribution in [3.63, 3.8) is 0 Å².